The van der Waals surface area contributed by atoms with E-state index in [9.17, 15) is 9.59 Å². The summed E-state index contributed by atoms with van der Waals surface area (Å²) >= 11 is 2.47. The summed E-state index contributed by atoms with van der Waals surface area (Å²) in [5.41, 5.74) is 1.36. The molecule has 1 amide bonds. The SMILES string of the molecule is C=CCOC(=O)c1sc(NC(=O)C(CC)Sc2cc(C)ncn2)nc1C. The van der Waals surface area contributed by atoms with E-state index in [0.29, 0.717) is 22.1 Å². The standard InChI is InChI=1S/C17H20N4O3S2/c1-5-7-24-16(23)14-11(4)20-17(26-14)21-15(22)12(6-2)25-13-8-10(3)18-9-19-13/h5,8-9,12H,1,6-7H2,2-4H3,(H,20,21,22). The van der Waals surface area contributed by atoms with Crippen molar-refractivity contribution in [1.82, 2.24) is 15.0 Å². The van der Waals surface area contributed by atoms with E-state index in [4.69, 9.17) is 4.74 Å². The highest BCUT2D eigenvalue weighted by molar-refractivity contribution is 8.00. The van der Waals surface area contributed by atoms with E-state index in [-0.39, 0.29) is 17.8 Å². The van der Waals surface area contributed by atoms with Crippen LogP contribution in [0.25, 0.3) is 0 Å². The zero-order valence-corrected chi connectivity index (χ0v) is 16.4. The minimum Gasteiger partial charge on any atom is -0.457 e. The van der Waals surface area contributed by atoms with Crippen molar-refractivity contribution in [2.24, 2.45) is 0 Å². The topological polar surface area (TPSA) is 94.1 Å². The maximum atomic E-state index is 12.6. The van der Waals surface area contributed by atoms with Gasteiger partial charge in [-0.15, -0.1) is 0 Å². The lowest BCUT2D eigenvalue weighted by molar-refractivity contribution is -0.115. The number of aryl methyl sites for hydroxylation is 2. The smallest absolute Gasteiger partial charge is 0.350 e. The molecule has 0 aliphatic carbocycles. The van der Waals surface area contributed by atoms with E-state index in [0.717, 1.165) is 22.1 Å². The van der Waals surface area contributed by atoms with Gasteiger partial charge in [-0.1, -0.05) is 42.7 Å². The molecule has 0 saturated heterocycles. The van der Waals surface area contributed by atoms with Gasteiger partial charge in [0.25, 0.3) is 0 Å². The molecule has 1 N–H and O–H groups in total. The molecule has 0 spiro atoms. The molecule has 0 saturated carbocycles. The summed E-state index contributed by atoms with van der Waals surface area (Å²) in [5, 5.41) is 3.56. The fourth-order valence-electron chi connectivity index (χ4n) is 1.99. The van der Waals surface area contributed by atoms with Crippen LogP contribution in [0.2, 0.25) is 0 Å². The molecule has 0 bridgehead atoms. The first-order chi connectivity index (χ1) is 12.4. The number of carbonyl (C=O) groups is 2. The summed E-state index contributed by atoms with van der Waals surface area (Å²) in [6.45, 7) is 9.13. The molecule has 2 rings (SSSR count). The van der Waals surface area contributed by atoms with Gasteiger partial charge in [0.1, 0.15) is 22.8 Å². The van der Waals surface area contributed by atoms with Gasteiger partial charge in [0.05, 0.1) is 10.9 Å². The Kier molecular flexibility index (Phi) is 7.28. The first kappa shape index (κ1) is 20.1. The molecule has 26 heavy (non-hydrogen) atoms. The minimum atomic E-state index is -0.474. The third-order valence-corrected chi connectivity index (χ3v) is 5.60. The molecule has 0 aromatic carbocycles. The van der Waals surface area contributed by atoms with Crippen molar-refractivity contribution in [1.29, 1.82) is 0 Å². The van der Waals surface area contributed by atoms with Crippen LogP contribution in [-0.4, -0.2) is 38.7 Å². The quantitative estimate of drug-likeness (QED) is 0.318. The summed E-state index contributed by atoms with van der Waals surface area (Å²) in [4.78, 5) is 37.4. The van der Waals surface area contributed by atoms with Crippen LogP contribution in [-0.2, 0) is 9.53 Å². The number of aromatic nitrogens is 3. The number of esters is 1. The highest BCUT2D eigenvalue weighted by Crippen LogP contribution is 2.27. The molecule has 2 heterocycles. The molecule has 1 atom stereocenters. The van der Waals surface area contributed by atoms with Crippen molar-refractivity contribution in [3.63, 3.8) is 0 Å². The summed E-state index contributed by atoms with van der Waals surface area (Å²) < 4.78 is 5.02. The van der Waals surface area contributed by atoms with E-state index < -0.39 is 5.97 Å². The van der Waals surface area contributed by atoms with Gasteiger partial charge < -0.3 is 10.1 Å². The van der Waals surface area contributed by atoms with Crippen LogP contribution in [0.15, 0.2) is 30.1 Å². The molecule has 7 nitrogen and oxygen atoms in total. The van der Waals surface area contributed by atoms with E-state index in [1.165, 1.54) is 24.2 Å². The van der Waals surface area contributed by atoms with E-state index in [1.807, 2.05) is 19.9 Å². The first-order valence-corrected chi connectivity index (χ1v) is 9.65. The van der Waals surface area contributed by atoms with Gasteiger partial charge in [-0.05, 0) is 26.3 Å². The number of rotatable bonds is 8. The Bertz CT molecular complexity index is 807. The van der Waals surface area contributed by atoms with E-state index in [2.05, 4.69) is 26.8 Å². The molecule has 138 valence electrons. The van der Waals surface area contributed by atoms with Gasteiger partial charge in [-0.3, -0.25) is 4.79 Å². The Morgan fingerprint density at radius 2 is 2.19 bits per heavy atom. The molecular weight excluding hydrogens is 372 g/mol. The monoisotopic (exact) mass is 392 g/mol. The maximum absolute atomic E-state index is 12.6. The Labute approximate surface area is 160 Å². The van der Waals surface area contributed by atoms with Crippen LogP contribution < -0.4 is 5.32 Å². The number of hydrogen-bond acceptors (Lipinski definition) is 8. The minimum absolute atomic E-state index is 0.130. The zero-order valence-electron chi connectivity index (χ0n) is 14.8. The lowest BCUT2D eigenvalue weighted by atomic mass is 10.3. The molecule has 2 aromatic rings. The van der Waals surface area contributed by atoms with Crippen LogP contribution in [0.1, 0.15) is 34.4 Å². The fourth-order valence-corrected chi connectivity index (χ4v) is 3.82. The van der Waals surface area contributed by atoms with Crippen LogP contribution in [0.3, 0.4) is 0 Å². The van der Waals surface area contributed by atoms with Gasteiger partial charge in [-0.25, -0.2) is 19.7 Å². The average Bonchev–Trinajstić information content (AvgIpc) is 2.97. The van der Waals surface area contributed by atoms with Crippen molar-refractivity contribution in [2.75, 3.05) is 11.9 Å². The summed E-state index contributed by atoms with van der Waals surface area (Å²) in [6, 6.07) is 1.84. The van der Waals surface area contributed by atoms with Gasteiger partial charge in [0.2, 0.25) is 5.91 Å². The van der Waals surface area contributed by atoms with E-state index >= 15 is 0 Å². The third-order valence-electron chi connectivity index (χ3n) is 3.25. The predicted molar refractivity (Wildman–Crippen MR) is 103 cm³/mol. The Morgan fingerprint density at radius 3 is 2.85 bits per heavy atom. The van der Waals surface area contributed by atoms with Gasteiger partial charge >= 0.3 is 5.97 Å². The Balaban J connectivity index is 2.05. The van der Waals surface area contributed by atoms with Crippen LogP contribution in [0, 0.1) is 13.8 Å². The maximum Gasteiger partial charge on any atom is 0.350 e. The van der Waals surface area contributed by atoms with Gasteiger partial charge in [0, 0.05) is 5.69 Å². The largest absolute Gasteiger partial charge is 0.457 e. The highest BCUT2D eigenvalue weighted by Gasteiger charge is 2.22. The molecule has 2 aromatic heterocycles. The predicted octanol–water partition coefficient (Wildman–Crippen LogP) is 3.40. The second-order valence-electron chi connectivity index (χ2n) is 5.32. The Morgan fingerprint density at radius 1 is 1.42 bits per heavy atom. The van der Waals surface area contributed by atoms with Crippen molar-refractivity contribution in [3.8, 4) is 0 Å². The summed E-state index contributed by atoms with van der Waals surface area (Å²) in [6.07, 6.45) is 3.60. The van der Waals surface area contributed by atoms with Crippen molar-refractivity contribution in [3.05, 3.63) is 41.3 Å². The molecule has 0 aliphatic rings. The number of hydrogen-bond donors (Lipinski definition) is 1. The summed E-state index contributed by atoms with van der Waals surface area (Å²) in [5.74, 6) is -0.660. The number of amides is 1. The number of ether oxygens (including phenoxy) is 1. The number of thiazole rings is 1. The van der Waals surface area contributed by atoms with Crippen LogP contribution in [0.5, 0.6) is 0 Å². The second-order valence-corrected chi connectivity index (χ2v) is 7.54. The third kappa shape index (κ3) is 5.37. The molecule has 1 unspecified atom stereocenters. The van der Waals surface area contributed by atoms with Crippen LogP contribution in [0.4, 0.5) is 5.13 Å². The molecule has 0 radical (unpaired) electrons. The van der Waals surface area contributed by atoms with Crippen molar-refractivity contribution < 1.29 is 14.3 Å². The second kappa shape index (κ2) is 9.44. The van der Waals surface area contributed by atoms with Gasteiger partial charge in [0.15, 0.2) is 5.13 Å². The zero-order chi connectivity index (χ0) is 19.1. The molecular formula is C17H20N4O3S2. The number of thioether (sulfide) groups is 1. The van der Waals surface area contributed by atoms with Crippen LogP contribution >= 0.6 is 23.1 Å². The normalized spacial score (nSPS) is 11.7. The molecule has 9 heteroatoms. The summed E-state index contributed by atoms with van der Waals surface area (Å²) in [7, 11) is 0. The lowest BCUT2D eigenvalue weighted by Gasteiger charge is -2.12. The van der Waals surface area contributed by atoms with E-state index in [1.54, 1.807) is 6.92 Å². The highest BCUT2D eigenvalue weighted by atomic mass is 32.2. The number of nitrogens with one attached hydrogen (secondary N) is 1. The fraction of sp³-hybridized carbons (Fsp3) is 0.353. The number of nitrogens with zero attached hydrogens (tertiary/aromatic N) is 3. The van der Waals surface area contributed by atoms with Crippen molar-refractivity contribution >= 4 is 40.1 Å². The average molecular weight is 393 g/mol. The molecule has 0 aliphatic heterocycles. The molecule has 0 fully saturated rings. The lowest BCUT2D eigenvalue weighted by Crippen LogP contribution is -2.24. The first-order valence-electron chi connectivity index (χ1n) is 7.96. The number of anilines is 1. The Hall–Kier alpha value is -2.26. The van der Waals surface area contributed by atoms with Crippen molar-refractivity contribution in [2.45, 2.75) is 37.5 Å². The number of carbonyl (C=O) groups excluding carboxylic acids is 2. The van der Waals surface area contributed by atoms with Gasteiger partial charge in [-0.2, -0.15) is 0 Å².